The maximum Gasteiger partial charge on any atom is 0.248 e. The van der Waals surface area contributed by atoms with Crippen molar-refractivity contribution < 1.29 is 17.5 Å². The minimum atomic E-state index is -3.74. The fourth-order valence-electron chi connectivity index (χ4n) is 3.69. The molecule has 2 aromatic heterocycles. The Bertz CT molecular complexity index is 1040. The molecular weight excluding hydrogens is 368 g/mol. The molecule has 3 aromatic rings. The molecule has 1 fully saturated rings. The van der Waals surface area contributed by atoms with E-state index in [1.165, 1.54) is 4.31 Å². The molecule has 2 atom stereocenters. The molecule has 0 amide bonds. The van der Waals surface area contributed by atoms with Crippen LogP contribution in [0.4, 0.5) is 0 Å². The first-order valence-corrected chi connectivity index (χ1v) is 10.1. The zero-order valence-electron chi connectivity index (χ0n) is 15.3. The molecule has 4 rings (SSSR count). The Morgan fingerprint density at radius 1 is 1.00 bits per heavy atom. The van der Waals surface area contributed by atoms with Gasteiger partial charge < -0.3 is 9.05 Å². The highest BCUT2D eigenvalue weighted by Crippen LogP contribution is 2.41. The summed E-state index contributed by atoms with van der Waals surface area (Å²) in [6, 6.07) is 9.80. The summed E-state index contributed by atoms with van der Waals surface area (Å²) in [5.74, 6) is 0.979. The van der Waals surface area contributed by atoms with Crippen LogP contribution in [0, 0.1) is 20.8 Å². The van der Waals surface area contributed by atoms with Gasteiger partial charge in [-0.3, -0.25) is 0 Å². The Hall–Kier alpha value is -2.52. The van der Waals surface area contributed by atoms with Crippen LogP contribution in [0.5, 0.6) is 0 Å². The molecule has 1 aliphatic heterocycles. The first kappa shape index (κ1) is 17.9. The molecule has 9 heteroatoms. The Balaban J connectivity index is 1.74. The molecule has 0 N–H and O–H groups in total. The van der Waals surface area contributed by atoms with Gasteiger partial charge in [0, 0.05) is 19.0 Å². The fourth-order valence-corrected chi connectivity index (χ4v) is 5.47. The van der Waals surface area contributed by atoms with E-state index in [1.807, 2.05) is 30.3 Å². The van der Waals surface area contributed by atoms with Gasteiger partial charge in [-0.2, -0.15) is 9.29 Å². The summed E-state index contributed by atoms with van der Waals surface area (Å²) in [5.41, 5.74) is 1.40. The Kier molecular flexibility index (Phi) is 4.35. The highest BCUT2D eigenvalue weighted by Gasteiger charge is 2.44. The second-order valence-corrected chi connectivity index (χ2v) is 8.65. The monoisotopic (exact) mass is 388 g/mol. The molecule has 27 heavy (non-hydrogen) atoms. The zero-order chi connectivity index (χ0) is 19.2. The SMILES string of the molecule is Cc1noc([C@@H]2CN(S(=O)(=O)c3c(C)noc3C)C[C@H]2c2ccccc2)n1. The van der Waals surface area contributed by atoms with Gasteiger partial charge >= 0.3 is 0 Å². The molecule has 0 bridgehead atoms. The van der Waals surface area contributed by atoms with Gasteiger partial charge in [0.25, 0.3) is 0 Å². The quantitative estimate of drug-likeness (QED) is 0.677. The van der Waals surface area contributed by atoms with Gasteiger partial charge in [0.2, 0.25) is 15.9 Å². The van der Waals surface area contributed by atoms with E-state index in [0.717, 1.165) is 5.56 Å². The van der Waals surface area contributed by atoms with Crippen molar-refractivity contribution in [2.75, 3.05) is 13.1 Å². The van der Waals surface area contributed by atoms with E-state index in [2.05, 4.69) is 15.3 Å². The lowest BCUT2D eigenvalue weighted by molar-refractivity contribution is 0.345. The van der Waals surface area contributed by atoms with E-state index in [-0.39, 0.29) is 23.3 Å². The van der Waals surface area contributed by atoms with Crippen LogP contribution in [0.2, 0.25) is 0 Å². The summed E-state index contributed by atoms with van der Waals surface area (Å²) in [7, 11) is -3.74. The summed E-state index contributed by atoms with van der Waals surface area (Å²) >= 11 is 0. The average molecular weight is 388 g/mol. The Labute approximate surface area is 157 Å². The van der Waals surface area contributed by atoms with E-state index >= 15 is 0 Å². The van der Waals surface area contributed by atoms with Gasteiger partial charge in [-0.25, -0.2) is 8.42 Å². The number of nitrogens with zero attached hydrogens (tertiary/aromatic N) is 4. The van der Waals surface area contributed by atoms with Crippen LogP contribution in [0.1, 0.15) is 40.6 Å². The van der Waals surface area contributed by atoms with Crippen LogP contribution < -0.4 is 0 Å². The maximum atomic E-state index is 13.3. The predicted molar refractivity (Wildman–Crippen MR) is 95.7 cm³/mol. The zero-order valence-corrected chi connectivity index (χ0v) is 16.1. The highest BCUT2D eigenvalue weighted by molar-refractivity contribution is 7.89. The number of sulfonamides is 1. The van der Waals surface area contributed by atoms with Gasteiger partial charge in [-0.05, 0) is 26.3 Å². The standard InChI is InChI=1S/C18H20N4O4S/c1-11-17(12(2)25-20-11)27(23,24)22-9-15(14-7-5-4-6-8-14)16(10-22)18-19-13(3)21-26-18/h4-8,15-16H,9-10H2,1-3H3/t15-,16+/m0/s1. The first-order chi connectivity index (χ1) is 12.9. The van der Waals surface area contributed by atoms with E-state index in [0.29, 0.717) is 29.7 Å². The van der Waals surface area contributed by atoms with E-state index < -0.39 is 10.0 Å². The van der Waals surface area contributed by atoms with Crippen LogP contribution in [0.15, 0.2) is 44.3 Å². The molecule has 0 saturated carbocycles. The molecule has 142 valence electrons. The van der Waals surface area contributed by atoms with Crippen molar-refractivity contribution in [3.63, 3.8) is 0 Å². The smallest absolute Gasteiger partial charge is 0.248 e. The minimum Gasteiger partial charge on any atom is -0.360 e. The molecule has 1 aromatic carbocycles. The maximum absolute atomic E-state index is 13.3. The van der Waals surface area contributed by atoms with E-state index in [1.54, 1.807) is 20.8 Å². The third kappa shape index (κ3) is 3.06. The second kappa shape index (κ2) is 6.58. The van der Waals surface area contributed by atoms with Crippen LogP contribution in [0.3, 0.4) is 0 Å². The minimum absolute atomic E-state index is 0.0821. The molecular formula is C18H20N4O4S. The average Bonchev–Trinajstić information content (AvgIpc) is 3.34. The van der Waals surface area contributed by atoms with Crippen molar-refractivity contribution in [2.24, 2.45) is 0 Å². The van der Waals surface area contributed by atoms with Crippen LogP contribution in [-0.2, 0) is 10.0 Å². The Morgan fingerprint density at radius 2 is 1.70 bits per heavy atom. The number of aromatic nitrogens is 3. The number of benzene rings is 1. The molecule has 0 spiro atoms. The molecule has 0 radical (unpaired) electrons. The van der Waals surface area contributed by atoms with Crippen molar-refractivity contribution in [3.8, 4) is 0 Å². The lowest BCUT2D eigenvalue weighted by Gasteiger charge is -2.16. The number of aryl methyl sites for hydroxylation is 3. The highest BCUT2D eigenvalue weighted by atomic mass is 32.2. The lowest BCUT2D eigenvalue weighted by Crippen LogP contribution is -2.29. The number of hydrogen-bond acceptors (Lipinski definition) is 7. The van der Waals surface area contributed by atoms with Gasteiger partial charge in [0.05, 0.1) is 5.92 Å². The summed E-state index contributed by atoms with van der Waals surface area (Å²) in [5, 5.41) is 7.67. The summed E-state index contributed by atoms with van der Waals surface area (Å²) in [6.45, 7) is 5.57. The normalized spacial score (nSPS) is 21.0. The third-order valence-electron chi connectivity index (χ3n) is 4.94. The molecule has 0 aliphatic carbocycles. The van der Waals surface area contributed by atoms with E-state index in [9.17, 15) is 8.42 Å². The van der Waals surface area contributed by atoms with Crippen LogP contribution in [0.25, 0.3) is 0 Å². The van der Waals surface area contributed by atoms with Crippen LogP contribution in [-0.4, -0.2) is 41.1 Å². The van der Waals surface area contributed by atoms with Crippen molar-refractivity contribution in [1.82, 2.24) is 19.6 Å². The Morgan fingerprint density at radius 3 is 2.30 bits per heavy atom. The second-order valence-electron chi connectivity index (χ2n) is 6.78. The largest absolute Gasteiger partial charge is 0.360 e. The van der Waals surface area contributed by atoms with Crippen molar-refractivity contribution in [1.29, 1.82) is 0 Å². The molecule has 8 nitrogen and oxygen atoms in total. The molecule has 1 aliphatic rings. The first-order valence-electron chi connectivity index (χ1n) is 8.66. The van der Waals surface area contributed by atoms with Gasteiger partial charge in [0.15, 0.2) is 11.6 Å². The molecule has 1 saturated heterocycles. The topological polar surface area (TPSA) is 102 Å². The van der Waals surface area contributed by atoms with Gasteiger partial charge in [-0.15, -0.1) is 0 Å². The molecule has 0 unspecified atom stereocenters. The lowest BCUT2D eigenvalue weighted by atomic mass is 9.89. The van der Waals surface area contributed by atoms with Gasteiger partial charge in [0.1, 0.15) is 10.6 Å². The summed E-state index contributed by atoms with van der Waals surface area (Å²) in [6.07, 6.45) is 0. The van der Waals surface area contributed by atoms with Gasteiger partial charge in [-0.1, -0.05) is 40.6 Å². The van der Waals surface area contributed by atoms with Crippen molar-refractivity contribution in [2.45, 2.75) is 37.5 Å². The van der Waals surface area contributed by atoms with Crippen molar-refractivity contribution in [3.05, 3.63) is 59.1 Å². The molecule has 3 heterocycles. The predicted octanol–water partition coefficient (Wildman–Crippen LogP) is 2.55. The van der Waals surface area contributed by atoms with Crippen LogP contribution >= 0.6 is 0 Å². The summed E-state index contributed by atoms with van der Waals surface area (Å²) < 4.78 is 38.4. The number of rotatable bonds is 4. The van der Waals surface area contributed by atoms with Crippen molar-refractivity contribution >= 4 is 10.0 Å². The van der Waals surface area contributed by atoms with E-state index in [4.69, 9.17) is 9.05 Å². The fraction of sp³-hybridized carbons (Fsp3) is 0.389. The summed E-state index contributed by atoms with van der Waals surface area (Å²) in [4.78, 5) is 4.49. The third-order valence-corrected chi connectivity index (χ3v) is 7.02. The number of hydrogen-bond donors (Lipinski definition) is 0.